The quantitative estimate of drug-likeness (QED) is 0.319. The molecule has 1 rings (SSSR count). The molecule has 1 aliphatic heterocycles. The molecule has 2 unspecified atom stereocenters. The Morgan fingerprint density at radius 2 is 1.86 bits per heavy atom. The van der Waals surface area contributed by atoms with Crippen molar-refractivity contribution >= 4 is 23.7 Å². The smallest absolute Gasteiger partial charge is 0.303 e. The number of carbonyl (C=O) groups is 2. The van der Waals surface area contributed by atoms with Gasteiger partial charge in [0.1, 0.15) is 17.6 Å². The first-order chi connectivity index (χ1) is 10.4. The largest absolute Gasteiger partial charge is 0.458 e. The second-order valence-corrected chi connectivity index (χ2v) is 6.29. The fraction of sp³-hybridized carbons (Fsp3) is 0.846. The van der Waals surface area contributed by atoms with E-state index < -0.39 is 30.3 Å². The summed E-state index contributed by atoms with van der Waals surface area (Å²) in [5, 5.41) is 3.50. The van der Waals surface area contributed by atoms with Crippen LogP contribution in [0.15, 0.2) is 5.11 Å². The molecule has 22 heavy (non-hydrogen) atoms. The fourth-order valence-corrected chi connectivity index (χ4v) is 3.37. The summed E-state index contributed by atoms with van der Waals surface area (Å²) in [6.45, 7) is 6.44. The van der Waals surface area contributed by atoms with Crippen molar-refractivity contribution in [3.63, 3.8) is 0 Å². The summed E-state index contributed by atoms with van der Waals surface area (Å²) in [6.07, 6.45) is -2.09. The summed E-state index contributed by atoms with van der Waals surface area (Å²) < 4.78 is 16.5. The van der Waals surface area contributed by atoms with Crippen LogP contribution in [-0.2, 0) is 23.8 Å². The molecular weight excluding hydrogens is 310 g/mol. The lowest BCUT2D eigenvalue weighted by Gasteiger charge is -2.43. The fourth-order valence-electron chi connectivity index (χ4n) is 2.36. The second-order valence-electron chi connectivity index (χ2n) is 4.92. The first-order valence-corrected chi connectivity index (χ1v) is 8.07. The normalized spacial score (nSPS) is 31.0. The highest BCUT2D eigenvalue weighted by Gasteiger charge is 2.47. The third kappa shape index (κ3) is 5.08. The number of thioether (sulfide) groups is 1. The number of hydrogen-bond acceptors (Lipinski definition) is 7. The molecule has 0 radical (unpaired) electrons. The number of ether oxygens (including phenoxy) is 3. The molecule has 0 spiro atoms. The highest BCUT2D eigenvalue weighted by molar-refractivity contribution is 7.99. The van der Waals surface area contributed by atoms with Gasteiger partial charge >= 0.3 is 11.9 Å². The van der Waals surface area contributed by atoms with Crippen LogP contribution in [0.4, 0.5) is 0 Å². The molecule has 0 aliphatic carbocycles. The Morgan fingerprint density at radius 3 is 2.36 bits per heavy atom. The van der Waals surface area contributed by atoms with Crippen LogP contribution in [-0.4, -0.2) is 48.0 Å². The van der Waals surface area contributed by atoms with Gasteiger partial charge in [-0.05, 0) is 11.3 Å². The lowest BCUT2D eigenvalue weighted by molar-refractivity contribution is -0.208. The molecule has 5 atom stereocenters. The zero-order chi connectivity index (χ0) is 16.7. The third-order valence-electron chi connectivity index (χ3n) is 3.21. The predicted molar refractivity (Wildman–Crippen MR) is 81.1 cm³/mol. The molecule has 0 aromatic heterocycles. The molecule has 0 aromatic rings. The summed E-state index contributed by atoms with van der Waals surface area (Å²) in [4.78, 5) is 25.4. The summed E-state index contributed by atoms with van der Waals surface area (Å²) >= 11 is 1.56. The topological polar surface area (TPSA) is 111 Å². The molecule has 1 saturated heterocycles. The van der Waals surface area contributed by atoms with Gasteiger partial charge in [0.15, 0.2) is 6.10 Å². The SMILES string of the molecule is CCSC1OC(CN=[N+]=[N-])[C@H](OC(C)=O)[C@H](OC(C)=O)[C@H]1C. The predicted octanol–water partition coefficient (Wildman–Crippen LogP) is 2.27. The van der Waals surface area contributed by atoms with E-state index in [9.17, 15) is 9.59 Å². The number of esters is 2. The highest BCUT2D eigenvalue weighted by Crippen LogP contribution is 2.36. The molecular formula is C13H21N3O5S. The maximum absolute atomic E-state index is 11.4. The average Bonchev–Trinajstić information content (AvgIpc) is 2.43. The highest BCUT2D eigenvalue weighted by atomic mass is 32.2. The molecule has 0 amide bonds. The minimum atomic E-state index is -0.796. The zero-order valence-corrected chi connectivity index (χ0v) is 13.9. The van der Waals surface area contributed by atoms with Crippen molar-refractivity contribution in [1.82, 2.24) is 0 Å². The molecule has 8 nitrogen and oxygen atoms in total. The molecule has 0 N–H and O–H groups in total. The van der Waals surface area contributed by atoms with E-state index in [0.29, 0.717) is 0 Å². The lowest BCUT2D eigenvalue weighted by Crippen LogP contribution is -2.56. The molecule has 9 heteroatoms. The van der Waals surface area contributed by atoms with Crippen LogP contribution in [0.3, 0.4) is 0 Å². The first kappa shape index (κ1) is 18.6. The van der Waals surface area contributed by atoms with Crippen LogP contribution < -0.4 is 0 Å². The summed E-state index contributed by atoms with van der Waals surface area (Å²) in [5.74, 6) is -0.321. The van der Waals surface area contributed by atoms with Crippen LogP contribution in [0.1, 0.15) is 27.7 Å². The van der Waals surface area contributed by atoms with Gasteiger partial charge in [0.25, 0.3) is 0 Å². The monoisotopic (exact) mass is 331 g/mol. The van der Waals surface area contributed by atoms with E-state index >= 15 is 0 Å². The van der Waals surface area contributed by atoms with Crippen molar-refractivity contribution < 1.29 is 23.8 Å². The molecule has 0 bridgehead atoms. The van der Waals surface area contributed by atoms with Crippen LogP contribution in [0, 0.1) is 5.92 Å². The Hall–Kier alpha value is -1.44. The van der Waals surface area contributed by atoms with E-state index in [1.807, 2.05) is 13.8 Å². The molecule has 1 aliphatic rings. The van der Waals surface area contributed by atoms with E-state index in [4.69, 9.17) is 19.7 Å². The van der Waals surface area contributed by atoms with E-state index in [0.717, 1.165) is 5.75 Å². The van der Waals surface area contributed by atoms with Crippen molar-refractivity contribution in [2.24, 2.45) is 11.0 Å². The third-order valence-corrected chi connectivity index (χ3v) is 4.41. The van der Waals surface area contributed by atoms with Gasteiger partial charge in [-0.1, -0.05) is 19.0 Å². The van der Waals surface area contributed by atoms with Crippen LogP contribution >= 0.6 is 11.8 Å². The standard InChI is InChI=1S/C13H21N3O5S/c1-5-22-13-7(2)11(19-8(3)17)12(20-9(4)18)10(21-13)6-15-16-14/h7,10-13H,5-6H2,1-4H3/t7-,10?,11-,12+,13?/m1/s1. The van der Waals surface area contributed by atoms with Gasteiger partial charge in [0.2, 0.25) is 0 Å². The Labute approximate surface area is 133 Å². The van der Waals surface area contributed by atoms with Gasteiger partial charge < -0.3 is 14.2 Å². The lowest BCUT2D eigenvalue weighted by atomic mass is 9.93. The Bertz CT molecular complexity index is 455. The van der Waals surface area contributed by atoms with E-state index in [1.165, 1.54) is 13.8 Å². The number of nitrogens with zero attached hydrogens (tertiary/aromatic N) is 3. The second kappa shape index (κ2) is 8.87. The van der Waals surface area contributed by atoms with Crippen molar-refractivity contribution in [3.05, 3.63) is 10.4 Å². The average molecular weight is 331 g/mol. The van der Waals surface area contributed by atoms with Gasteiger partial charge in [0, 0.05) is 24.7 Å². The van der Waals surface area contributed by atoms with E-state index in [-0.39, 0.29) is 17.9 Å². The Kier molecular flexibility index (Phi) is 7.50. The minimum absolute atomic E-state index is 0.000292. The number of azide groups is 1. The Balaban J connectivity index is 3.06. The molecule has 0 aromatic carbocycles. The van der Waals surface area contributed by atoms with Crippen LogP contribution in [0.2, 0.25) is 0 Å². The van der Waals surface area contributed by atoms with E-state index in [1.54, 1.807) is 11.8 Å². The first-order valence-electron chi connectivity index (χ1n) is 7.03. The Morgan fingerprint density at radius 1 is 1.27 bits per heavy atom. The van der Waals surface area contributed by atoms with Crippen molar-refractivity contribution in [3.8, 4) is 0 Å². The maximum Gasteiger partial charge on any atom is 0.303 e. The number of carbonyl (C=O) groups excluding carboxylic acids is 2. The van der Waals surface area contributed by atoms with E-state index in [2.05, 4.69) is 10.0 Å². The van der Waals surface area contributed by atoms with Gasteiger partial charge in [-0.2, -0.15) is 0 Å². The number of rotatable bonds is 6. The summed E-state index contributed by atoms with van der Waals surface area (Å²) in [5.41, 5.74) is 8.27. The zero-order valence-electron chi connectivity index (χ0n) is 13.1. The molecule has 0 saturated carbocycles. The van der Waals surface area contributed by atoms with Crippen LogP contribution in [0.5, 0.6) is 0 Å². The molecule has 1 fully saturated rings. The van der Waals surface area contributed by atoms with Gasteiger partial charge in [-0.3, -0.25) is 9.59 Å². The summed E-state index contributed by atoms with van der Waals surface area (Å²) in [7, 11) is 0. The maximum atomic E-state index is 11.4. The van der Waals surface area contributed by atoms with Gasteiger partial charge in [0.05, 0.1) is 6.54 Å². The summed E-state index contributed by atoms with van der Waals surface area (Å²) in [6, 6.07) is 0. The minimum Gasteiger partial charge on any atom is -0.458 e. The molecule has 124 valence electrons. The van der Waals surface area contributed by atoms with Crippen molar-refractivity contribution in [1.29, 1.82) is 0 Å². The molecule has 1 heterocycles. The van der Waals surface area contributed by atoms with Gasteiger partial charge in [-0.25, -0.2) is 0 Å². The van der Waals surface area contributed by atoms with Crippen LogP contribution in [0.25, 0.3) is 10.4 Å². The van der Waals surface area contributed by atoms with Crippen molar-refractivity contribution in [2.75, 3.05) is 12.3 Å². The number of hydrogen-bond donors (Lipinski definition) is 0. The van der Waals surface area contributed by atoms with Crippen molar-refractivity contribution in [2.45, 2.75) is 51.4 Å². The van der Waals surface area contributed by atoms with Gasteiger partial charge in [-0.15, -0.1) is 11.8 Å².